The van der Waals surface area contributed by atoms with E-state index in [0.717, 1.165) is 19.3 Å². The fourth-order valence-electron chi connectivity index (χ4n) is 1.41. The Morgan fingerprint density at radius 1 is 1.31 bits per heavy atom. The Labute approximate surface area is 104 Å². The highest BCUT2D eigenvalue weighted by Crippen LogP contribution is 2.11. The highest BCUT2D eigenvalue weighted by Gasteiger charge is 2.15. The van der Waals surface area contributed by atoms with Crippen molar-refractivity contribution >= 4 is 19.7 Å². The van der Waals surface area contributed by atoms with Crippen molar-refractivity contribution in [3.05, 3.63) is 0 Å². The molecule has 0 aromatic rings. The van der Waals surface area contributed by atoms with Gasteiger partial charge >= 0.3 is 0 Å². The van der Waals surface area contributed by atoms with Crippen LogP contribution in [0.2, 0.25) is 0 Å². The fourth-order valence-corrected chi connectivity index (χ4v) is 2.84. The molecule has 0 aliphatic rings. The minimum absolute atomic E-state index is 0.00916. The molecule has 1 atom stereocenters. The van der Waals surface area contributed by atoms with E-state index in [1.807, 2.05) is 6.92 Å². The van der Waals surface area contributed by atoms with E-state index in [0.29, 0.717) is 19.1 Å². The third-order valence-electron chi connectivity index (χ3n) is 2.44. The summed E-state index contributed by atoms with van der Waals surface area (Å²) in [6.45, 7) is 7.49. The molecule has 0 N–H and O–H groups in total. The SMILES string of the molecule is CCC(COCCCC(C)C)CS(=O)(=O)Cl. The van der Waals surface area contributed by atoms with Gasteiger partial charge in [0.15, 0.2) is 0 Å². The first-order chi connectivity index (χ1) is 7.35. The van der Waals surface area contributed by atoms with Gasteiger partial charge in [-0.1, -0.05) is 27.2 Å². The van der Waals surface area contributed by atoms with Gasteiger partial charge in [0.25, 0.3) is 0 Å². The third kappa shape index (κ3) is 10.7. The molecule has 0 amide bonds. The van der Waals surface area contributed by atoms with Gasteiger partial charge in [-0.05, 0) is 24.7 Å². The van der Waals surface area contributed by atoms with Gasteiger partial charge < -0.3 is 4.74 Å². The molecule has 16 heavy (non-hydrogen) atoms. The van der Waals surface area contributed by atoms with Gasteiger partial charge in [-0.3, -0.25) is 0 Å². The molecule has 0 spiro atoms. The summed E-state index contributed by atoms with van der Waals surface area (Å²) < 4.78 is 27.2. The maximum absolute atomic E-state index is 10.9. The molecule has 0 heterocycles. The summed E-state index contributed by atoms with van der Waals surface area (Å²) in [5, 5.41) is 0. The molecule has 98 valence electrons. The molecule has 0 rings (SSSR count). The maximum Gasteiger partial charge on any atom is 0.232 e. The zero-order chi connectivity index (χ0) is 12.6. The maximum atomic E-state index is 10.9. The van der Waals surface area contributed by atoms with Crippen molar-refractivity contribution in [3.8, 4) is 0 Å². The number of ether oxygens (including phenoxy) is 1. The Kier molecular flexibility index (Phi) is 8.42. The summed E-state index contributed by atoms with van der Waals surface area (Å²) in [7, 11) is 1.81. The van der Waals surface area contributed by atoms with Crippen molar-refractivity contribution in [2.75, 3.05) is 19.0 Å². The van der Waals surface area contributed by atoms with Crippen molar-refractivity contribution in [3.63, 3.8) is 0 Å². The van der Waals surface area contributed by atoms with E-state index >= 15 is 0 Å². The molecule has 0 saturated heterocycles. The summed E-state index contributed by atoms with van der Waals surface area (Å²) in [4.78, 5) is 0. The molecule has 0 saturated carbocycles. The average molecular weight is 271 g/mol. The van der Waals surface area contributed by atoms with Crippen LogP contribution in [-0.4, -0.2) is 27.4 Å². The molecule has 0 aromatic heterocycles. The molecule has 3 nitrogen and oxygen atoms in total. The predicted octanol–water partition coefficient (Wildman–Crippen LogP) is 3.03. The Hall–Kier alpha value is 0.200. The van der Waals surface area contributed by atoms with E-state index in [9.17, 15) is 8.42 Å². The van der Waals surface area contributed by atoms with Crippen molar-refractivity contribution in [1.29, 1.82) is 0 Å². The third-order valence-corrected chi connectivity index (χ3v) is 3.68. The minimum atomic E-state index is -3.40. The van der Waals surface area contributed by atoms with Crippen LogP contribution in [0.25, 0.3) is 0 Å². The van der Waals surface area contributed by atoms with E-state index in [1.165, 1.54) is 0 Å². The second-order valence-electron chi connectivity index (χ2n) is 4.59. The lowest BCUT2D eigenvalue weighted by atomic mass is 10.1. The van der Waals surface area contributed by atoms with E-state index in [4.69, 9.17) is 15.4 Å². The summed E-state index contributed by atoms with van der Waals surface area (Å²) in [6, 6.07) is 0. The van der Waals surface area contributed by atoms with E-state index < -0.39 is 9.05 Å². The van der Waals surface area contributed by atoms with Crippen LogP contribution in [-0.2, 0) is 13.8 Å². The van der Waals surface area contributed by atoms with Gasteiger partial charge in [0.2, 0.25) is 9.05 Å². The zero-order valence-corrected chi connectivity index (χ0v) is 12.0. The molecule has 0 bridgehead atoms. The average Bonchev–Trinajstić information content (AvgIpc) is 2.13. The highest BCUT2D eigenvalue weighted by molar-refractivity contribution is 8.13. The van der Waals surface area contributed by atoms with Crippen molar-refractivity contribution in [2.24, 2.45) is 11.8 Å². The molecule has 0 aliphatic carbocycles. The van der Waals surface area contributed by atoms with Crippen LogP contribution in [0, 0.1) is 11.8 Å². The molecule has 1 unspecified atom stereocenters. The van der Waals surface area contributed by atoms with Gasteiger partial charge in [-0.25, -0.2) is 8.42 Å². The quantitative estimate of drug-likeness (QED) is 0.478. The van der Waals surface area contributed by atoms with Crippen LogP contribution in [0.5, 0.6) is 0 Å². The number of hydrogen-bond donors (Lipinski definition) is 0. The lowest BCUT2D eigenvalue weighted by Gasteiger charge is -2.13. The van der Waals surface area contributed by atoms with Gasteiger partial charge in [-0.15, -0.1) is 0 Å². The van der Waals surface area contributed by atoms with Crippen molar-refractivity contribution in [1.82, 2.24) is 0 Å². The lowest BCUT2D eigenvalue weighted by molar-refractivity contribution is 0.0994. The Morgan fingerprint density at radius 3 is 2.38 bits per heavy atom. The van der Waals surface area contributed by atoms with Crippen LogP contribution >= 0.6 is 10.7 Å². The molecular formula is C11H23ClO3S. The first kappa shape index (κ1) is 16.2. The van der Waals surface area contributed by atoms with Gasteiger partial charge in [-0.2, -0.15) is 0 Å². The molecule has 0 fully saturated rings. The van der Waals surface area contributed by atoms with Gasteiger partial charge in [0, 0.05) is 17.3 Å². The normalized spacial score (nSPS) is 14.3. The fraction of sp³-hybridized carbons (Fsp3) is 1.00. The molecule has 0 aromatic carbocycles. The smallest absolute Gasteiger partial charge is 0.232 e. The van der Waals surface area contributed by atoms with E-state index in [-0.39, 0.29) is 11.7 Å². The second-order valence-corrected chi connectivity index (χ2v) is 7.41. The van der Waals surface area contributed by atoms with Crippen LogP contribution in [0.3, 0.4) is 0 Å². The topological polar surface area (TPSA) is 43.4 Å². The van der Waals surface area contributed by atoms with Crippen LogP contribution < -0.4 is 0 Å². The van der Waals surface area contributed by atoms with Crippen LogP contribution in [0.15, 0.2) is 0 Å². The van der Waals surface area contributed by atoms with Crippen molar-refractivity contribution < 1.29 is 13.2 Å². The van der Waals surface area contributed by atoms with Gasteiger partial charge in [0.05, 0.1) is 12.4 Å². The second kappa shape index (κ2) is 8.31. The molecule has 0 aliphatic heterocycles. The standard InChI is InChI=1S/C11H23ClO3S/c1-4-11(9-16(12,13)14)8-15-7-5-6-10(2)3/h10-11H,4-9H2,1-3H3. The molecule has 5 heteroatoms. The monoisotopic (exact) mass is 270 g/mol. The summed E-state index contributed by atoms with van der Waals surface area (Å²) >= 11 is 0. The first-order valence-electron chi connectivity index (χ1n) is 5.85. The largest absolute Gasteiger partial charge is 0.381 e. The molecular weight excluding hydrogens is 248 g/mol. The Balaban J connectivity index is 3.64. The predicted molar refractivity (Wildman–Crippen MR) is 68.3 cm³/mol. The number of halogens is 1. The van der Waals surface area contributed by atoms with Gasteiger partial charge in [0.1, 0.15) is 0 Å². The number of hydrogen-bond acceptors (Lipinski definition) is 3. The summed E-state index contributed by atoms with van der Waals surface area (Å²) in [5.74, 6) is 0.713. The minimum Gasteiger partial charge on any atom is -0.381 e. The van der Waals surface area contributed by atoms with E-state index in [2.05, 4.69) is 13.8 Å². The van der Waals surface area contributed by atoms with E-state index in [1.54, 1.807) is 0 Å². The molecule has 0 radical (unpaired) electrons. The highest BCUT2D eigenvalue weighted by atomic mass is 35.7. The summed E-state index contributed by atoms with van der Waals surface area (Å²) in [5.41, 5.74) is 0. The summed E-state index contributed by atoms with van der Waals surface area (Å²) in [6.07, 6.45) is 2.95. The lowest BCUT2D eigenvalue weighted by Crippen LogP contribution is -2.17. The van der Waals surface area contributed by atoms with Crippen LogP contribution in [0.4, 0.5) is 0 Å². The Bertz CT molecular complexity index is 262. The number of rotatable bonds is 9. The first-order valence-corrected chi connectivity index (χ1v) is 8.33. The Morgan fingerprint density at radius 2 is 1.94 bits per heavy atom. The zero-order valence-electron chi connectivity index (χ0n) is 10.4. The van der Waals surface area contributed by atoms with Crippen LogP contribution in [0.1, 0.15) is 40.0 Å². The van der Waals surface area contributed by atoms with Crippen molar-refractivity contribution in [2.45, 2.75) is 40.0 Å².